The SMILES string of the molecule is CCCc1c(CCC)c(-c2ccccc2)c2c3ccc(Br)cc3c3cc(Br)ccc3c2c1-c1ccccc1. The van der Waals surface area contributed by atoms with Gasteiger partial charge in [0.1, 0.15) is 0 Å². The molecule has 0 aliphatic carbocycles. The minimum atomic E-state index is 1.06. The first-order chi connectivity index (χ1) is 18.6. The minimum Gasteiger partial charge on any atom is -0.0651 e. The largest absolute Gasteiger partial charge is 0.0651 e. The highest BCUT2D eigenvalue weighted by Gasteiger charge is 2.24. The highest BCUT2D eigenvalue weighted by Crippen LogP contribution is 2.49. The van der Waals surface area contributed by atoms with Gasteiger partial charge in [-0.2, -0.15) is 0 Å². The first kappa shape index (κ1) is 25.3. The van der Waals surface area contributed by atoms with Crippen molar-refractivity contribution in [2.24, 2.45) is 0 Å². The summed E-state index contributed by atoms with van der Waals surface area (Å²) < 4.78 is 2.21. The molecule has 0 atom stereocenters. The average molecular weight is 622 g/mol. The molecule has 0 aliphatic rings. The Morgan fingerprint density at radius 1 is 0.474 bits per heavy atom. The van der Waals surface area contributed by atoms with Crippen molar-refractivity contribution in [3.8, 4) is 22.3 Å². The van der Waals surface area contributed by atoms with E-state index < -0.39 is 0 Å². The van der Waals surface area contributed by atoms with Crippen LogP contribution in [0.5, 0.6) is 0 Å². The summed E-state index contributed by atoms with van der Waals surface area (Å²) in [7, 11) is 0. The highest BCUT2D eigenvalue weighted by atomic mass is 79.9. The predicted octanol–water partition coefficient (Wildman–Crippen LogP) is 11.9. The van der Waals surface area contributed by atoms with E-state index >= 15 is 0 Å². The first-order valence-electron chi connectivity index (χ1n) is 13.5. The van der Waals surface area contributed by atoms with Gasteiger partial charge in [-0.25, -0.2) is 0 Å². The fraction of sp³-hybridized carbons (Fsp3) is 0.167. The molecule has 6 aromatic rings. The third-order valence-electron chi connectivity index (χ3n) is 7.63. The van der Waals surface area contributed by atoms with Crippen LogP contribution < -0.4 is 0 Å². The zero-order valence-electron chi connectivity index (χ0n) is 21.8. The molecule has 0 heterocycles. The Morgan fingerprint density at radius 3 is 1.24 bits per heavy atom. The van der Waals surface area contributed by atoms with Crippen LogP contribution >= 0.6 is 31.9 Å². The van der Waals surface area contributed by atoms with Gasteiger partial charge >= 0.3 is 0 Å². The highest BCUT2D eigenvalue weighted by molar-refractivity contribution is 9.10. The number of rotatable bonds is 6. The Morgan fingerprint density at radius 2 is 0.868 bits per heavy atom. The Kier molecular flexibility index (Phi) is 7.12. The van der Waals surface area contributed by atoms with E-state index in [-0.39, 0.29) is 0 Å². The molecule has 6 aromatic carbocycles. The van der Waals surface area contributed by atoms with Crippen LogP contribution in [-0.2, 0) is 12.8 Å². The molecule has 0 aliphatic heterocycles. The summed E-state index contributed by atoms with van der Waals surface area (Å²) in [6, 6.07) is 35.8. The normalized spacial score (nSPS) is 11.6. The summed E-state index contributed by atoms with van der Waals surface area (Å²) in [6.45, 7) is 4.62. The molecule has 6 rings (SSSR count). The molecule has 0 radical (unpaired) electrons. The molecule has 0 unspecified atom stereocenters. The molecule has 0 aromatic heterocycles. The maximum atomic E-state index is 3.78. The van der Waals surface area contributed by atoms with E-state index in [4.69, 9.17) is 0 Å². The van der Waals surface area contributed by atoms with Crippen molar-refractivity contribution in [2.45, 2.75) is 39.5 Å². The van der Waals surface area contributed by atoms with E-state index in [1.165, 1.54) is 65.7 Å². The Labute approximate surface area is 242 Å². The Hall–Kier alpha value is -2.94. The number of hydrogen-bond acceptors (Lipinski definition) is 0. The quantitative estimate of drug-likeness (QED) is 0.162. The fourth-order valence-corrected chi connectivity index (χ4v) is 6.93. The summed E-state index contributed by atoms with van der Waals surface area (Å²) in [5.74, 6) is 0. The van der Waals surface area contributed by atoms with Gasteiger partial charge in [-0.1, -0.05) is 131 Å². The molecule has 0 amide bonds. The smallest absolute Gasteiger partial charge is 0.0181 e. The fourth-order valence-electron chi connectivity index (χ4n) is 6.21. The standard InChI is InChI=1S/C36H30Br2/c1-3-11-27-28(12-4-2)34(24-15-9-6-10-16-24)36-30-20-18-26(38)22-32(30)31-21-25(37)17-19-29(31)35(36)33(27)23-13-7-5-8-14-23/h5-10,13-22H,3-4,11-12H2,1-2H3. The first-order valence-corrected chi connectivity index (χ1v) is 15.1. The Balaban J connectivity index is 2.00. The van der Waals surface area contributed by atoms with Crippen molar-refractivity contribution >= 4 is 64.2 Å². The van der Waals surface area contributed by atoms with Crippen LogP contribution in [0.1, 0.15) is 37.8 Å². The summed E-state index contributed by atoms with van der Waals surface area (Å²) in [4.78, 5) is 0. The second kappa shape index (κ2) is 10.7. The maximum absolute atomic E-state index is 3.78. The third-order valence-corrected chi connectivity index (χ3v) is 8.62. The molecule has 0 bridgehead atoms. The van der Waals surface area contributed by atoms with Crippen LogP contribution in [0.2, 0.25) is 0 Å². The Bertz CT molecular complexity index is 1650. The van der Waals surface area contributed by atoms with Crippen molar-refractivity contribution in [2.75, 3.05) is 0 Å². The lowest BCUT2D eigenvalue weighted by Gasteiger charge is -2.26. The van der Waals surface area contributed by atoms with Gasteiger partial charge in [0.2, 0.25) is 0 Å². The predicted molar refractivity (Wildman–Crippen MR) is 173 cm³/mol. The van der Waals surface area contributed by atoms with Gasteiger partial charge in [0.25, 0.3) is 0 Å². The third kappa shape index (κ3) is 4.28. The van der Waals surface area contributed by atoms with Crippen LogP contribution in [0.25, 0.3) is 54.6 Å². The molecular weight excluding hydrogens is 592 g/mol. The summed E-state index contributed by atoms with van der Waals surface area (Å²) in [6.07, 6.45) is 4.35. The number of hydrogen-bond donors (Lipinski definition) is 0. The van der Waals surface area contributed by atoms with Gasteiger partial charge in [0.05, 0.1) is 0 Å². The molecule has 0 saturated carbocycles. The summed E-state index contributed by atoms with van der Waals surface area (Å²) >= 11 is 7.55. The molecule has 0 saturated heterocycles. The lowest BCUT2D eigenvalue weighted by atomic mass is 9.78. The summed E-state index contributed by atoms with van der Waals surface area (Å²) in [5.41, 5.74) is 8.43. The van der Waals surface area contributed by atoms with Gasteiger partial charge in [-0.3, -0.25) is 0 Å². The number of fused-ring (bicyclic) bond motifs is 6. The monoisotopic (exact) mass is 620 g/mol. The molecular formula is C36H30Br2. The molecule has 0 N–H and O–H groups in total. The van der Waals surface area contributed by atoms with Crippen molar-refractivity contribution in [3.05, 3.63) is 117 Å². The van der Waals surface area contributed by atoms with E-state index in [1.807, 2.05) is 0 Å². The number of benzene rings is 6. The van der Waals surface area contributed by atoms with Gasteiger partial charge in [0, 0.05) is 8.95 Å². The summed E-state index contributed by atoms with van der Waals surface area (Å²) in [5, 5.41) is 7.93. The van der Waals surface area contributed by atoms with Crippen LogP contribution in [0.15, 0.2) is 106 Å². The van der Waals surface area contributed by atoms with E-state index in [1.54, 1.807) is 0 Å². The van der Waals surface area contributed by atoms with Crippen LogP contribution in [0.3, 0.4) is 0 Å². The van der Waals surface area contributed by atoms with Gasteiger partial charge in [-0.05, 0) is 103 Å². The van der Waals surface area contributed by atoms with Crippen molar-refractivity contribution in [1.82, 2.24) is 0 Å². The van der Waals surface area contributed by atoms with E-state index in [0.717, 1.165) is 34.6 Å². The van der Waals surface area contributed by atoms with Crippen LogP contribution in [0, 0.1) is 0 Å². The minimum absolute atomic E-state index is 1.06. The van der Waals surface area contributed by atoms with Crippen molar-refractivity contribution in [3.63, 3.8) is 0 Å². The maximum Gasteiger partial charge on any atom is 0.0181 e. The zero-order chi connectivity index (χ0) is 26.2. The van der Waals surface area contributed by atoms with Crippen LogP contribution in [0.4, 0.5) is 0 Å². The molecule has 0 fully saturated rings. The second-order valence-electron chi connectivity index (χ2n) is 10.1. The van der Waals surface area contributed by atoms with E-state index in [2.05, 4.69) is 143 Å². The molecule has 0 spiro atoms. The molecule has 188 valence electrons. The lowest BCUT2D eigenvalue weighted by molar-refractivity contribution is 0.867. The van der Waals surface area contributed by atoms with Gasteiger partial charge in [-0.15, -0.1) is 0 Å². The molecule has 0 nitrogen and oxygen atoms in total. The topological polar surface area (TPSA) is 0 Å². The van der Waals surface area contributed by atoms with Crippen LogP contribution in [-0.4, -0.2) is 0 Å². The number of halogens is 2. The van der Waals surface area contributed by atoms with E-state index in [0.29, 0.717) is 0 Å². The van der Waals surface area contributed by atoms with Crippen molar-refractivity contribution in [1.29, 1.82) is 0 Å². The van der Waals surface area contributed by atoms with E-state index in [9.17, 15) is 0 Å². The zero-order valence-corrected chi connectivity index (χ0v) is 25.0. The average Bonchev–Trinajstić information content (AvgIpc) is 2.94. The molecule has 2 heteroatoms. The van der Waals surface area contributed by atoms with Gasteiger partial charge < -0.3 is 0 Å². The molecule has 38 heavy (non-hydrogen) atoms. The van der Waals surface area contributed by atoms with Gasteiger partial charge in [0.15, 0.2) is 0 Å². The lowest BCUT2D eigenvalue weighted by Crippen LogP contribution is -2.04. The van der Waals surface area contributed by atoms with Crippen molar-refractivity contribution < 1.29 is 0 Å². The second-order valence-corrected chi connectivity index (χ2v) is 11.9.